The first-order chi connectivity index (χ1) is 17.2. The summed E-state index contributed by atoms with van der Waals surface area (Å²) in [5.41, 5.74) is 3.32. The molecule has 35 heavy (non-hydrogen) atoms. The van der Waals surface area contributed by atoms with Crippen LogP contribution in [0.15, 0.2) is 53.5 Å². The molecule has 2 fully saturated rings. The molecule has 0 radical (unpaired) electrons. The van der Waals surface area contributed by atoms with E-state index in [1.807, 2.05) is 22.9 Å². The Kier molecular flexibility index (Phi) is 7.67. The van der Waals surface area contributed by atoms with E-state index in [2.05, 4.69) is 39.5 Å². The van der Waals surface area contributed by atoms with Gasteiger partial charge in [-0.15, -0.1) is 0 Å². The number of aliphatic hydroxyl groups is 1. The van der Waals surface area contributed by atoms with E-state index >= 15 is 0 Å². The molecule has 0 atom stereocenters. The molecule has 2 aromatic heterocycles. The number of aromatic nitrogens is 2. The third-order valence-electron chi connectivity index (χ3n) is 7.89. The van der Waals surface area contributed by atoms with Crippen LogP contribution in [-0.4, -0.2) is 34.4 Å². The van der Waals surface area contributed by atoms with E-state index in [0.717, 1.165) is 67.1 Å². The van der Waals surface area contributed by atoms with Crippen LogP contribution >= 0.6 is 0 Å². The van der Waals surface area contributed by atoms with Gasteiger partial charge in [-0.25, -0.2) is 4.98 Å². The van der Waals surface area contributed by atoms with Gasteiger partial charge in [0.15, 0.2) is 0 Å². The Balaban J connectivity index is 1.30. The zero-order valence-electron chi connectivity index (χ0n) is 20.7. The number of pyridine rings is 2. The molecule has 1 saturated carbocycles. The number of nitrogens with one attached hydrogen (secondary N) is 1. The highest BCUT2D eigenvalue weighted by molar-refractivity contribution is 5.81. The van der Waals surface area contributed by atoms with Crippen molar-refractivity contribution in [1.29, 1.82) is 0 Å². The maximum absolute atomic E-state index is 12.9. The predicted octanol–water partition coefficient (Wildman–Crippen LogP) is 6.02. The number of fused-ring (bicyclic) bond motifs is 1. The number of anilines is 3. The highest BCUT2D eigenvalue weighted by Crippen LogP contribution is 2.30. The molecule has 3 heterocycles. The number of hydrogen-bond acceptors (Lipinski definition) is 5. The molecule has 1 aliphatic heterocycles. The quantitative estimate of drug-likeness (QED) is 0.410. The third-order valence-corrected chi connectivity index (χ3v) is 7.89. The van der Waals surface area contributed by atoms with Crippen LogP contribution in [0.5, 0.6) is 0 Å². The second kappa shape index (κ2) is 11.3. The summed E-state index contributed by atoms with van der Waals surface area (Å²) in [4.78, 5) is 20.0. The minimum absolute atomic E-state index is 0.0889. The average Bonchev–Trinajstić information content (AvgIpc) is 3.17. The topological polar surface area (TPSA) is 70.4 Å². The SMILES string of the molecule is O=c1ccc2cnc(Nc3ccc(N4CCC(CCCO)CC4)cc3)cc2n1C1CCCCCC1. The molecular weight excluding hydrogens is 436 g/mol. The van der Waals surface area contributed by atoms with Crippen molar-refractivity contribution in [3.63, 3.8) is 0 Å². The Morgan fingerprint density at radius 3 is 2.40 bits per heavy atom. The van der Waals surface area contributed by atoms with Gasteiger partial charge in [0.25, 0.3) is 5.56 Å². The monoisotopic (exact) mass is 474 g/mol. The van der Waals surface area contributed by atoms with Crippen molar-refractivity contribution in [2.45, 2.75) is 70.3 Å². The van der Waals surface area contributed by atoms with Gasteiger partial charge in [-0.3, -0.25) is 4.79 Å². The van der Waals surface area contributed by atoms with Gasteiger partial charge in [-0.2, -0.15) is 0 Å². The smallest absolute Gasteiger partial charge is 0.251 e. The first-order valence-electron chi connectivity index (χ1n) is 13.5. The van der Waals surface area contributed by atoms with E-state index < -0.39 is 0 Å². The summed E-state index contributed by atoms with van der Waals surface area (Å²) in [6.45, 7) is 2.46. The van der Waals surface area contributed by atoms with Gasteiger partial charge in [0.2, 0.25) is 0 Å². The normalized spacial score (nSPS) is 18.0. The standard InChI is InChI=1S/C29H38N4O2/c34-19-5-6-22-15-17-32(18-16-22)25-12-10-24(11-13-25)31-28-20-27-23(21-30-28)9-14-29(35)33(27)26-7-3-1-2-4-8-26/h9-14,20-22,26,34H,1-8,15-19H2,(H,30,31). The van der Waals surface area contributed by atoms with Crippen LogP contribution in [0, 0.1) is 5.92 Å². The van der Waals surface area contributed by atoms with E-state index in [4.69, 9.17) is 5.11 Å². The van der Waals surface area contributed by atoms with Crippen LogP contribution < -0.4 is 15.8 Å². The first-order valence-corrected chi connectivity index (χ1v) is 13.5. The molecule has 0 amide bonds. The highest BCUT2D eigenvalue weighted by atomic mass is 16.2. The second-order valence-electron chi connectivity index (χ2n) is 10.3. The Bertz CT molecular complexity index is 1160. The van der Waals surface area contributed by atoms with Gasteiger partial charge < -0.3 is 19.9 Å². The van der Waals surface area contributed by atoms with E-state index in [9.17, 15) is 4.79 Å². The fraction of sp³-hybridized carbons (Fsp3) is 0.517. The van der Waals surface area contributed by atoms with Crippen molar-refractivity contribution >= 4 is 28.1 Å². The largest absolute Gasteiger partial charge is 0.396 e. The molecule has 6 nitrogen and oxygen atoms in total. The van der Waals surface area contributed by atoms with E-state index in [0.29, 0.717) is 6.61 Å². The van der Waals surface area contributed by atoms with Crippen molar-refractivity contribution in [2.24, 2.45) is 5.92 Å². The van der Waals surface area contributed by atoms with Gasteiger partial charge in [0.05, 0.1) is 5.52 Å². The number of hydrogen-bond donors (Lipinski definition) is 2. The summed E-state index contributed by atoms with van der Waals surface area (Å²) in [5, 5.41) is 13.5. The van der Waals surface area contributed by atoms with Gasteiger partial charge in [-0.05, 0) is 74.8 Å². The molecule has 0 spiro atoms. The summed E-state index contributed by atoms with van der Waals surface area (Å²) in [7, 11) is 0. The number of rotatable bonds is 7. The molecule has 5 rings (SSSR count). The maximum Gasteiger partial charge on any atom is 0.251 e. The van der Waals surface area contributed by atoms with Crippen molar-refractivity contribution in [1.82, 2.24) is 9.55 Å². The van der Waals surface area contributed by atoms with Crippen LogP contribution in [0.25, 0.3) is 10.9 Å². The van der Waals surface area contributed by atoms with E-state index in [1.165, 1.54) is 44.2 Å². The molecule has 0 bridgehead atoms. The van der Waals surface area contributed by atoms with Gasteiger partial charge in [0.1, 0.15) is 5.82 Å². The lowest BCUT2D eigenvalue weighted by atomic mass is 9.92. The average molecular weight is 475 g/mol. The fourth-order valence-corrected chi connectivity index (χ4v) is 5.88. The summed E-state index contributed by atoms with van der Waals surface area (Å²) in [6.07, 6.45) is 13.4. The lowest BCUT2D eigenvalue weighted by molar-refractivity contribution is 0.261. The molecule has 3 aromatic rings. The minimum Gasteiger partial charge on any atom is -0.396 e. The van der Waals surface area contributed by atoms with Crippen LogP contribution in [0.1, 0.15) is 70.3 Å². The number of piperidine rings is 1. The first kappa shape index (κ1) is 23.9. The van der Waals surface area contributed by atoms with E-state index in [1.54, 1.807) is 6.07 Å². The Morgan fingerprint density at radius 2 is 1.69 bits per heavy atom. The molecule has 1 saturated heterocycles. The van der Waals surface area contributed by atoms with Gasteiger partial charge in [0, 0.05) is 60.8 Å². The van der Waals surface area contributed by atoms with Crippen LogP contribution in [0.4, 0.5) is 17.2 Å². The molecule has 186 valence electrons. The highest BCUT2D eigenvalue weighted by Gasteiger charge is 2.20. The molecule has 6 heteroatoms. The van der Waals surface area contributed by atoms with Crippen molar-refractivity contribution < 1.29 is 5.11 Å². The van der Waals surface area contributed by atoms with Gasteiger partial charge >= 0.3 is 0 Å². The zero-order valence-corrected chi connectivity index (χ0v) is 20.7. The number of benzene rings is 1. The molecular formula is C29H38N4O2. The van der Waals surface area contributed by atoms with Crippen molar-refractivity contribution in [2.75, 3.05) is 29.9 Å². The molecule has 1 aliphatic carbocycles. The Hall–Kier alpha value is -2.86. The van der Waals surface area contributed by atoms with E-state index in [-0.39, 0.29) is 11.6 Å². The van der Waals surface area contributed by atoms with Gasteiger partial charge in [-0.1, -0.05) is 25.7 Å². The Morgan fingerprint density at radius 1 is 0.943 bits per heavy atom. The van der Waals surface area contributed by atoms with Crippen molar-refractivity contribution in [3.8, 4) is 0 Å². The molecule has 2 N–H and O–H groups in total. The lowest BCUT2D eigenvalue weighted by Crippen LogP contribution is -2.33. The van der Waals surface area contributed by atoms with Crippen molar-refractivity contribution in [3.05, 3.63) is 59.0 Å². The summed E-state index contributed by atoms with van der Waals surface area (Å²) < 4.78 is 2.01. The third kappa shape index (κ3) is 5.69. The summed E-state index contributed by atoms with van der Waals surface area (Å²) >= 11 is 0. The molecule has 1 aromatic carbocycles. The second-order valence-corrected chi connectivity index (χ2v) is 10.3. The lowest BCUT2D eigenvalue weighted by Gasteiger charge is -2.33. The zero-order chi connectivity index (χ0) is 24.0. The molecule has 2 aliphatic rings. The Labute approximate surface area is 208 Å². The predicted molar refractivity (Wildman–Crippen MR) is 144 cm³/mol. The number of aliphatic hydroxyl groups excluding tert-OH is 1. The number of nitrogens with zero attached hydrogens (tertiary/aromatic N) is 3. The molecule has 0 unspecified atom stereocenters. The minimum atomic E-state index is 0.0889. The van der Waals surface area contributed by atoms with Crippen LogP contribution in [-0.2, 0) is 0 Å². The maximum atomic E-state index is 12.9. The van der Waals surface area contributed by atoms with Crippen LogP contribution in [0.3, 0.4) is 0 Å². The summed E-state index contributed by atoms with van der Waals surface area (Å²) in [6, 6.07) is 14.5. The van der Waals surface area contributed by atoms with Crippen LogP contribution in [0.2, 0.25) is 0 Å². The summed E-state index contributed by atoms with van der Waals surface area (Å²) in [5.74, 6) is 1.51. The fourth-order valence-electron chi connectivity index (χ4n) is 5.88.